The summed E-state index contributed by atoms with van der Waals surface area (Å²) in [6.07, 6.45) is 10.6. The Labute approximate surface area is 141 Å². The van der Waals surface area contributed by atoms with Crippen LogP contribution in [0.15, 0.2) is 24.3 Å². The molecular formula is C20H32O3. The van der Waals surface area contributed by atoms with Gasteiger partial charge in [0, 0.05) is 6.42 Å². The fraction of sp³-hybridized carbons (Fsp3) is 0.650. The van der Waals surface area contributed by atoms with Crippen molar-refractivity contribution >= 4 is 5.97 Å². The largest absolute Gasteiger partial charge is 0.491 e. The Kier molecular flexibility index (Phi) is 10.2. The predicted molar refractivity (Wildman–Crippen MR) is 95.1 cm³/mol. The predicted octanol–water partition coefficient (Wildman–Crippen LogP) is 5.61. The van der Waals surface area contributed by atoms with Crippen molar-refractivity contribution in [1.29, 1.82) is 0 Å². The number of carboxylic acids is 1. The number of hydrogen-bond donors (Lipinski definition) is 1. The molecule has 1 unspecified atom stereocenters. The van der Waals surface area contributed by atoms with E-state index in [-0.39, 0.29) is 12.5 Å². The van der Waals surface area contributed by atoms with Gasteiger partial charge in [-0.05, 0) is 56.7 Å². The van der Waals surface area contributed by atoms with Crippen LogP contribution in [-0.4, -0.2) is 17.2 Å². The van der Waals surface area contributed by atoms with Crippen LogP contribution in [0, 0.1) is 0 Å². The summed E-state index contributed by atoms with van der Waals surface area (Å²) in [6.45, 7) is 4.29. The Morgan fingerprint density at radius 2 is 1.74 bits per heavy atom. The molecule has 1 atom stereocenters. The lowest BCUT2D eigenvalue weighted by Gasteiger charge is -2.14. The summed E-state index contributed by atoms with van der Waals surface area (Å²) in [5, 5.41) is 8.61. The number of hydrogen-bond acceptors (Lipinski definition) is 2. The maximum Gasteiger partial charge on any atom is 0.303 e. The van der Waals surface area contributed by atoms with E-state index in [1.165, 1.54) is 37.7 Å². The Bertz CT molecular complexity index is 425. The molecule has 0 aliphatic carbocycles. The van der Waals surface area contributed by atoms with E-state index in [9.17, 15) is 4.79 Å². The van der Waals surface area contributed by atoms with Gasteiger partial charge < -0.3 is 9.84 Å². The second-order valence-corrected chi connectivity index (χ2v) is 6.38. The van der Waals surface area contributed by atoms with E-state index >= 15 is 0 Å². The third kappa shape index (κ3) is 9.98. The number of aryl methyl sites for hydroxylation is 1. The van der Waals surface area contributed by atoms with Gasteiger partial charge in [0.2, 0.25) is 0 Å². The molecule has 23 heavy (non-hydrogen) atoms. The Morgan fingerprint density at radius 3 is 2.39 bits per heavy atom. The first-order valence-corrected chi connectivity index (χ1v) is 9.09. The fourth-order valence-corrected chi connectivity index (χ4v) is 2.67. The van der Waals surface area contributed by atoms with Crippen molar-refractivity contribution < 1.29 is 14.6 Å². The molecule has 3 nitrogen and oxygen atoms in total. The summed E-state index contributed by atoms with van der Waals surface area (Å²) >= 11 is 0. The third-order valence-electron chi connectivity index (χ3n) is 4.08. The molecule has 0 amide bonds. The highest BCUT2D eigenvalue weighted by Crippen LogP contribution is 2.18. The van der Waals surface area contributed by atoms with E-state index in [1.54, 1.807) is 0 Å². The van der Waals surface area contributed by atoms with E-state index in [4.69, 9.17) is 9.84 Å². The zero-order valence-electron chi connectivity index (χ0n) is 14.7. The van der Waals surface area contributed by atoms with Gasteiger partial charge in [-0.1, -0.05) is 44.7 Å². The molecule has 0 saturated heterocycles. The molecule has 0 radical (unpaired) electrons. The van der Waals surface area contributed by atoms with Gasteiger partial charge in [-0.25, -0.2) is 0 Å². The summed E-state index contributed by atoms with van der Waals surface area (Å²) in [7, 11) is 0. The van der Waals surface area contributed by atoms with Gasteiger partial charge >= 0.3 is 5.97 Å². The quantitative estimate of drug-likeness (QED) is 0.480. The van der Waals surface area contributed by atoms with Crippen LogP contribution in [0.3, 0.4) is 0 Å². The smallest absolute Gasteiger partial charge is 0.303 e. The molecule has 0 aliphatic heterocycles. The van der Waals surface area contributed by atoms with E-state index in [2.05, 4.69) is 31.2 Å². The first kappa shape index (κ1) is 19.5. The fourth-order valence-electron chi connectivity index (χ4n) is 2.67. The van der Waals surface area contributed by atoms with Crippen molar-refractivity contribution in [2.75, 3.05) is 0 Å². The number of benzene rings is 1. The number of carboxylic acid groups (broad SMARTS) is 1. The zero-order chi connectivity index (χ0) is 16.9. The topological polar surface area (TPSA) is 46.5 Å². The molecule has 1 rings (SSSR count). The van der Waals surface area contributed by atoms with Crippen LogP contribution in [0.5, 0.6) is 5.75 Å². The molecule has 0 bridgehead atoms. The third-order valence-corrected chi connectivity index (χ3v) is 4.08. The highest BCUT2D eigenvalue weighted by Gasteiger charge is 2.05. The lowest BCUT2D eigenvalue weighted by atomic mass is 10.1. The number of aliphatic carboxylic acids is 1. The van der Waals surface area contributed by atoms with Crippen LogP contribution in [0.1, 0.15) is 77.2 Å². The normalized spacial score (nSPS) is 12.1. The highest BCUT2D eigenvalue weighted by molar-refractivity contribution is 5.66. The van der Waals surface area contributed by atoms with Crippen LogP contribution in [0.25, 0.3) is 0 Å². The molecule has 0 saturated carbocycles. The minimum absolute atomic E-state index is 0.128. The van der Waals surface area contributed by atoms with E-state index in [0.29, 0.717) is 0 Å². The summed E-state index contributed by atoms with van der Waals surface area (Å²) in [5.41, 5.74) is 1.38. The molecule has 1 aromatic carbocycles. The zero-order valence-corrected chi connectivity index (χ0v) is 14.7. The molecule has 0 aromatic heterocycles. The van der Waals surface area contributed by atoms with Crippen molar-refractivity contribution in [2.24, 2.45) is 0 Å². The van der Waals surface area contributed by atoms with Crippen LogP contribution in [-0.2, 0) is 11.2 Å². The maximum absolute atomic E-state index is 10.5. The summed E-state index contributed by atoms with van der Waals surface area (Å²) < 4.78 is 5.89. The minimum atomic E-state index is -0.719. The molecule has 3 heteroatoms. The maximum atomic E-state index is 10.5. The molecule has 1 N–H and O–H groups in total. The highest BCUT2D eigenvalue weighted by atomic mass is 16.5. The minimum Gasteiger partial charge on any atom is -0.491 e. The average Bonchev–Trinajstić information content (AvgIpc) is 2.53. The van der Waals surface area contributed by atoms with Crippen molar-refractivity contribution in [1.82, 2.24) is 0 Å². The van der Waals surface area contributed by atoms with Gasteiger partial charge in [0.1, 0.15) is 5.75 Å². The number of carbonyl (C=O) groups is 1. The van der Waals surface area contributed by atoms with Gasteiger partial charge in [0.25, 0.3) is 0 Å². The first-order valence-electron chi connectivity index (χ1n) is 9.09. The Hall–Kier alpha value is -1.51. The lowest BCUT2D eigenvalue weighted by Crippen LogP contribution is -2.11. The van der Waals surface area contributed by atoms with E-state index in [1.807, 2.05) is 6.92 Å². The summed E-state index contributed by atoms with van der Waals surface area (Å²) in [6, 6.07) is 8.42. The molecule has 0 fully saturated rings. The summed E-state index contributed by atoms with van der Waals surface area (Å²) in [4.78, 5) is 10.5. The van der Waals surface area contributed by atoms with E-state index in [0.717, 1.165) is 31.4 Å². The van der Waals surface area contributed by atoms with Gasteiger partial charge in [0.15, 0.2) is 0 Å². The van der Waals surface area contributed by atoms with Gasteiger partial charge in [-0.15, -0.1) is 0 Å². The molecule has 0 heterocycles. The Morgan fingerprint density at radius 1 is 1.04 bits per heavy atom. The molecule has 1 aromatic rings. The van der Waals surface area contributed by atoms with Crippen molar-refractivity contribution in [3.8, 4) is 5.75 Å². The van der Waals surface area contributed by atoms with Crippen LogP contribution >= 0.6 is 0 Å². The molecule has 0 aliphatic rings. The summed E-state index contributed by atoms with van der Waals surface area (Å²) in [5.74, 6) is 0.189. The SMILES string of the molecule is CCCCCCCc1ccc(OC(C)CCCCC(=O)O)cc1. The second kappa shape index (κ2) is 12.0. The molecule has 130 valence electrons. The molecular weight excluding hydrogens is 288 g/mol. The number of rotatable bonds is 13. The lowest BCUT2D eigenvalue weighted by molar-refractivity contribution is -0.137. The molecule has 0 spiro atoms. The van der Waals surface area contributed by atoms with Crippen LogP contribution < -0.4 is 4.74 Å². The van der Waals surface area contributed by atoms with E-state index < -0.39 is 5.97 Å². The van der Waals surface area contributed by atoms with Gasteiger partial charge in [-0.3, -0.25) is 4.79 Å². The standard InChI is InChI=1S/C20H32O3/c1-3-4-5-6-7-11-18-13-15-19(16-14-18)23-17(2)10-8-9-12-20(21)22/h13-17H,3-12H2,1-2H3,(H,21,22). The van der Waals surface area contributed by atoms with Crippen molar-refractivity contribution in [3.63, 3.8) is 0 Å². The first-order chi connectivity index (χ1) is 11.1. The van der Waals surface area contributed by atoms with Crippen molar-refractivity contribution in [3.05, 3.63) is 29.8 Å². The van der Waals surface area contributed by atoms with Crippen LogP contribution in [0.4, 0.5) is 0 Å². The Balaban J connectivity index is 2.20. The number of unbranched alkanes of at least 4 members (excludes halogenated alkanes) is 5. The second-order valence-electron chi connectivity index (χ2n) is 6.38. The monoisotopic (exact) mass is 320 g/mol. The number of ether oxygens (including phenoxy) is 1. The van der Waals surface area contributed by atoms with Gasteiger partial charge in [-0.2, -0.15) is 0 Å². The van der Waals surface area contributed by atoms with Gasteiger partial charge in [0.05, 0.1) is 6.10 Å². The average molecular weight is 320 g/mol. The van der Waals surface area contributed by atoms with Crippen LogP contribution in [0.2, 0.25) is 0 Å². The van der Waals surface area contributed by atoms with Crippen molar-refractivity contribution in [2.45, 2.75) is 84.2 Å².